The predicted molar refractivity (Wildman–Crippen MR) is 112 cm³/mol. The summed E-state index contributed by atoms with van der Waals surface area (Å²) in [5.41, 5.74) is 1.15. The van der Waals surface area contributed by atoms with Crippen molar-refractivity contribution in [2.45, 2.75) is 26.4 Å². The number of rotatable bonds is 6. The van der Waals surface area contributed by atoms with E-state index in [-0.39, 0.29) is 30.5 Å². The summed E-state index contributed by atoms with van der Waals surface area (Å²) in [4.78, 5) is 49.3. The summed E-state index contributed by atoms with van der Waals surface area (Å²) in [6, 6.07) is 12.3. The molecular weight excluding hydrogens is 405 g/mol. The Kier molecular flexibility index (Phi) is 6.64. The lowest BCUT2D eigenvalue weighted by Crippen LogP contribution is -2.33. The summed E-state index contributed by atoms with van der Waals surface area (Å²) in [5.74, 6) is -3.19. The third-order valence-corrected chi connectivity index (χ3v) is 4.74. The Morgan fingerprint density at radius 2 is 1.68 bits per heavy atom. The molecule has 2 N–H and O–H groups in total. The van der Waals surface area contributed by atoms with Crippen molar-refractivity contribution in [3.05, 3.63) is 54.3 Å². The number of nitrogens with one attached hydrogen (secondary N) is 2. The van der Waals surface area contributed by atoms with Gasteiger partial charge in [0.05, 0.1) is 11.6 Å². The topological polar surface area (TPSA) is 105 Å². The van der Waals surface area contributed by atoms with E-state index in [4.69, 9.17) is 4.74 Å². The summed E-state index contributed by atoms with van der Waals surface area (Å²) < 4.78 is 19.2. The van der Waals surface area contributed by atoms with Gasteiger partial charge in [0.2, 0.25) is 11.8 Å². The van der Waals surface area contributed by atoms with Crippen LogP contribution in [0.3, 0.4) is 0 Å². The molecule has 0 aliphatic carbocycles. The minimum atomic E-state index is -1.10. The zero-order chi connectivity index (χ0) is 22.5. The second kappa shape index (κ2) is 9.38. The van der Waals surface area contributed by atoms with Crippen LogP contribution < -0.4 is 15.5 Å². The number of benzene rings is 2. The Bertz CT molecular complexity index is 1010. The van der Waals surface area contributed by atoms with Gasteiger partial charge in [-0.3, -0.25) is 19.2 Å². The highest BCUT2D eigenvalue weighted by atomic mass is 19.1. The Hall–Kier alpha value is -3.75. The fourth-order valence-corrected chi connectivity index (χ4v) is 3.18. The summed E-state index contributed by atoms with van der Waals surface area (Å²) in [6.45, 7) is 2.79. The third kappa shape index (κ3) is 5.44. The first-order valence-electron chi connectivity index (χ1n) is 9.68. The molecule has 0 aromatic heterocycles. The molecule has 0 spiro atoms. The highest BCUT2D eigenvalue weighted by molar-refractivity contribution is 6.00. The van der Waals surface area contributed by atoms with Gasteiger partial charge >= 0.3 is 5.97 Å². The monoisotopic (exact) mass is 427 g/mol. The van der Waals surface area contributed by atoms with Crippen molar-refractivity contribution in [2.24, 2.45) is 5.92 Å². The van der Waals surface area contributed by atoms with E-state index in [9.17, 15) is 23.6 Å². The van der Waals surface area contributed by atoms with Crippen LogP contribution in [0.1, 0.15) is 20.3 Å². The van der Waals surface area contributed by atoms with Gasteiger partial charge in [0.1, 0.15) is 5.82 Å². The van der Waals surface area contributed by atoms with Gasteiger partial charge < -0.3 is 20.3 Å². The molecule has 1 fully saturated rings. The van der Waals surface area contributed by atoms with Crippen LogP contribution in [0, 0.1) is 11.7 Å². The number of hydrogen-bond donors (Lipinski definition) is 2. The lowest BCUT2D eigenvalue weighted by atomic mass is 10.1. The number of carbonyl (C=O) groups excluding carboxylic acids is 4. The number of halogens is 1. The van der Waals surface area contributed by atoms with Gasteiger partial charge in [-0.25, -0.2) is 4.39 Å². The number of ether oxygens (including phenoxy) is 1. The quantitative estimate of drug-likeness (QED) is 0.690. The Labute approximate surface area is 178 Å². The molecule has 162 valence electrons. The molecule has 1 heterocycles. The molecule has 0 saturated carbocycles. The number of anilines is 3. The van der Waals surface area contributed by atoms with Crippen LogP contribution in [-0.2, 0) is 23.9 Å². The normalized spacial score (nSPS) is 16.5. The molecule has 3 rings (SSSR count). The van der Waals surface area contributed by atoms with E-state index >= 15 is 0 Å². The summed E-state index contributed by atoms with van der Waals surface area (Å²) in [5, 5.41) is 5.23. The number of carbonyl (C=O) groups is 4. The highest BCUT2D eigenvalue weighted by Crippen LogP contribution is 2.28. The van der Waals surface area contributed by atoms with Crippen LogP contribution in [0.25, 0.3) is 0 Å². The number of hydrogen-bond acceptors (Lipinski definition) is 5. The lowest BCUT2D eigenvalue weighted by molar-refractivity contribution is -0.157. The van der Waals surface area contributed by atoms with E-state index in [0.717, 1.165) is 0 Å². The van der Waals surface area contributed by atoms with Crippen molar-refractivity contribution in [3.63, 3.8) is 0 Å². The summed E-state index contributed by atoms with van der Waals surface area (Å²) in [6.07, 6.45) is -1.22. The minimum Gasteiger partial charge on any atom is -0.452 e. The first-order chi connectivity index (χ1) is 14.7. The molecule has 1 aliphatic rings. The molecule has 1 saturated heterocycles. The second-order valence-electron chi connectivity index (χ2n) is 7.18. The third-order valence-electron chi connectivity index (χ3n) is 4.74. The maximum absolute atomic E-state index is 14.0. The molecular formula is C22H22FN3O5. The van der Waals surface area contributed by atoms with Crippen LogP contribution >= 0.6 is 0 Å². The predicted octanol–water partition coefficient (Wildman–Crippen LogP) is 2.71. The fourth-order valence-electron chi connectivity index (χ4n) is 3.18. The Balaban J connectivity index is 1.55. The summed E-state index contributed by atoms with van der Waals surface area (Å²) in [7, 11) is 0. The second-order valence-corrected chi connectivity index (χ2v) is 7.18. The van der Waals surface area contributed by atoms with Crippen molar-refractivity contribution in [1.29, 1.82) is 0 Å². The number of amides is 3. The number of nitrogens with zero attached hydrogens (tertiary/aromatic N) is 1. The molecule has 9 heteroatoms. The van der Waals surface area contributed by atoms with Gasteiger partial charge in [0, 0.05) is 31.3 Å². The standard InChI is InChI=1S/C22H22FN3O5/c1-13(21(29)25-17-9-7-16(8-10-17)24-14(2)27)31-22(30)15-11-20(28)26(12-15)19-6-4-3-5-18(19)23/h3-10,13,15H,11-12H2,1-2H3,(H,24,27)(H,25,29)/t13-,15-/m0/s1. The minimum absolute atomic E-state index is 0.0163. The van der Waals surface area contributed by atoms with Crippen LogP contribution in [-0.4, -0.2) is 36.3 Å². The highest BCUT2D eigenvalue weighted by Gasteiger charge is 2.38. The van der Waals surface area contributed by atoms with Crippen LogP contribution in [0.15, 0.2) is 48.5 Å². The van der Waals surface area contributed by atoms with E-state index in [2.05, 4.69) is 10.6 Å². The average molecular weight is 427 g/mol. The molecule has 2 atom stereocenters. The van der Waals surface area contributed by atoms with E-state index in [1.54, 1.807) is 30.3 Å². The number of para-hydroxylation sites is 1. The van der Waals surface area contributed by atoms with Crippen molar-refractivity contribution in [1.82, 2.24) is 0 Å². The molecule has 8 nitrogen and oxygen atoms in total. The number of esters is 1. The van der Waals surface area contributed by atoms with Crippen molar-refractivity contribution < 1.29 is 28.3 Å². The van der Waals surface area contributed by atoms with Crippen LogP contribution in [0.4, 0.5) is 21.5 Å². The average Bonchev–Trinajstić information content (AvgIpc) is 3.11. The zero-order valence-electron chi connectivity index (χ0n) is 17.1. The van der Waals surface area contributed by atoms with Crippen molar-refractivity contribution in [2.75, 3.05) is 22.1 Å². The smallest absolute Gasteiger partial charge is 0.312 e. The maximum Gasteiger partial charge on any atom is 0.312 e. The first-order valence-corrected chi connectivity index (χ1v) is 9.68. The molecule has 0 unspecified atom stereocenters. The van der Waals surface area contributed by atoms with E-state index in [1.807, 2.05) is 0 Å². The molecule has 0 bridgehead atoms. The van der Waals surface area contributed by atoms with Gasteiger partial charge in [-0.2, -0.15) is 0 Å². The SMILES string of the molecule is CC(=O)Nc1ccc(NC(=O)[C@H](C)OC(=O)[C@H]2CC(=O)N(c3ccccc3F)C2)cc1. The van der Waals surface area contributed by atoms with Gasteiger partial charge in [-0.15, -0.1) is 0 Å². The van der Waals surface area contributed by atoms with Gasteiger partial charge in [-0.1, -0.05) is 12.1 Å². The molecule has 1 aliphatic heterocycles. The molecule has 3 amide bonds. The van der Waals surface area contributed by atoms with E-state index in [0.29, 0.717) is 11.4 Å². The van der Waals surface area contributed by atoms with Crippen LogP contribution in [0.5, 0.6) is 0 Å². The van der Waals surface area contributed by atoms with Crippen molar-refractivity contribution >= 4 is 40.8 Å². The Morgan fingerprint density at radius 1 is 1.06 bits per heavy atom. The molecule has 2 aromatic rings. The fraction of sp³-hybridized carbons (Fsp3) is 0.273. The summed E-state index contributed by atoms with van der Waals surface area (Å²) >= 11 is 0. The van der Waals surface area contributed by atoms with Gasteiger partial charge in [0.15, 0.2) is 6.10 Å². The largest absolute Gasteiger partial charge is 0.452 e. The van der Waals surface area contributed by atoms with Crippen molar-refractivity contribution in [3.8, 4) is 0 Å². The van der Waals surface area contributed by atoms with E-state index < -0.39 is 29.7 Å². The first kappa shape index (κ1) is 21.9. The van der Waals surface area contributed by atoms with E-state index in [1.165, 1.54) is 36.9 Å². The van der Waals surface area contributed by atoms with Crippen LogP contribution in [0.2, 0.25) is 0 Å². The van der Waals surface area contributed by atoms with Gasteiger partial charge in [0.25, 0.3) is 5.91 Å². The molecule has 0 radical (unpaired) electrons. The molecule has 2 aromatic carbocycles. The molecule has 31 heavy (non-hydrogen) atoms. The Morgan fingerprint density at radius 3 is 2.29 bits per heavy atom. The lowest BCUT2D eigenvalue weighted by Gasteiger charge is -2.18. The zero-order valence-corrected chi connectivity index (χ0v) is 17.1. The van der Waals surface area contributed by atoms with Gasteiger partial charge in [-0.05, 0) is 43.3 Å². The maximum atomic E-state index is 14.0.